The highest BCUT2D eigenvalue weighted by molar-refractivity contribution is 5.76. The SMILES string of the molecule is COCCCN(C)C(=O)N1CCC(n2c(C)nc3ccccc32)CC1. The third kappa shape index (κ3) is 3.79. The summed E-state index contributed by atoms with van der Waals surface area (Å²) in [6.45, 7) is 5.08. The van der Waals surface area contributed by atoms with Crippen LogP contribution in [0.15, 0.2) is 24.3 Å². The minimum absolute atomic E-state index is 0.127. The molecule has 1 aromatic heterocycles. The van der Waals surface area contributed by atoms with E-state index in [1.807, 2.05) is 18.0 Å². The van der Waals surface area contributed by atoms with E-state index in [0.717, 1.165) is 50.2 Å². The molecule has 1 saturated heterocycles. The van der Waals surface area contributed by atoms with Gasteiger partial charge in [0.2, 0.25) is 0 Å². The van der Waals surface area contributed by atoms with Crippen LogP contribution in [0.25, 0.3) is 11.0 Å². The summed E-state index contributed by atoms with van der Waals surface area (Å²) in [5.74, 6) is 1.06. The lowest BCUT2D eigenvalue weighted by molar-refractivity contribution is 0.134. The fourth-order valence-corrected chi connectivity index (χ4v) is 3.72. The lowest BCUT2D eigenvalue weighted by Gasteiger charge is -2.35. The Morgan fingerprint density at radius 1 is 1.32 bits per heavy atom. The highest BCUT2D eigenvalue weighted by atomic mass is 16.5. The highest BCUT2D eigenvalue weighted by Crippen LogP contribution is 2.28. The molecule has 0 saturated carbocycles. The van der Waals surface area contributed by atoms with Crippen LogP contribution in [-0.4, -0.2) is 65.8 Å². The number of aromatic nitrogens is 2. The number of rotatable bonds is 5. The molecule has 2 amide bonds. The number of likely N-dealkylation sites (tertiary alicyclic amines) is 1. The van der Waals surface area contributed by atoms with Crippen LogP contribution in [0.4, 0.5) is 4.79 Å². The third-order valence-corrected chi connectivity index (χ3v) is 5.04. The van der Waals surface area contributed by atoms with Crippen molar-refractivity contribution in [3.8, 4) is 0 Å². The molecule has 2 heterocycles. The fraction of sp³-hybridized carbons (Fsp3) is 0.579. The van der Waals surface area contributed by atoms with Crippen molar-refractivity contribution < 1.29 is 9.53 Å². The molecular weight excluding hydrogens is 316 g/mol. The summed E-state index contributed by atoms with van der Waals surface area (Å²) in [6.07, 6.45) is 2.81. The van der Waals surface area contributed by atoms with E-state index in [4.69, 9.17) is 4.74 Å². The fourth-order valence-electron chi connectivity index (χ4n) is 3.72. The molecule has 0 bridgehead atoms. The second kappa shape index (κ2) is 7.87. The van der Waals surface area contributed by atoms with Gasteiger partial charge in [-0.05, 0) is 38.3 Å². The van der Waals surface area contributed by atoms with Crippen molar-refractivity contribution in [3.05, 3.63) is 30.1 Å². The number of hydrogen-bond donors (Lipinski definition) is 0. The van der Waals surface area contributed by atoms with E-state index in [1.165, 1.54) is 5.52 Å². The number of piperidine rings is 1. The number of carbonyl (C=O) groups is 1. The molecule has 0 radical (unpaired) electrons. The van der Waals surface area contributed by atoms with E-state index in [0.29, 0.717) is 12.6 Å². The number of ether oxygens (including phenoxy) is 1. The van der Waals surface area contributed by atoms with Crippen LogP contribution in [0.5, 0.6) is 0 Å². The predicted octanol–water partition coefficient (Wildman–Crippen LogP) is 3.07. The molecule has 1 fully saturated rings. The molecule has 0 atom stereocenters. The maximum Gasteiger partial charge on any atom is 0.319 e. The molecule has 2 aromatic rings. The summed E-state index contributed by atoms with van der Waals surface area (Å²) in [5.41, 5.74) is 2.25. The summed E-state index contributed by atoms with van der Waals surface area (Å²) < 4.78 is 7.41. The van der Waals surface area contributed by atoms with Gasteiger partial charge in [0.25, 0.3) is 0 Å². The molecule has 0 spiro atoms. The summed E-state index contributed by atoms with van der Waals surface area (Å²) in [6, 6.07) is 8.83. The number of urea groups is 1. The molecule has 0 aliphatic carbocycles. The summed E-state index contributed by atoms with van der Waals surface area (Å²) in [4.78, 5) is 21.0. The zero-order valence-electron chi connectivity index (χ0n) is 15.4. The van der Waals surface area contributed by atoms with E-state index in [2.05, 4.69) is 34.7 Å². The Labute approximate surface area is 149 Å². The number of fused-ring (bicyclic) bond motifs is 1. The minimum Gasteiger partial charge on any atom is -0.385 e. The largest absolute Gasteiger partial charge is 0.385 e. The van der Waals surface area contributed by atoms with Crippen LogP contribution in [-0.2, 0) is 4.74 Å². The molecule has 0 unspecified atom stereocenters. The van der Waals surface area contributed by atoms with Crippen LogP contribution in [0.3, 0.4) is 0 Å². The van der Waals surface area contributed by atoms with E-state index in [1.54, 1.807) is 12.0 Å². The molecule has 136 valence electrons. The quantitative estimate of drug-likeness (QED) is 0.783. The van der Waals surface area contributed by atoms with Crippen LogP contribution in [0.2, 0.25) is 0 Å². The van der Waals surface area contributed by atoms with Crippen molar-refractivity contribution in [2.75, 3.05) is 40.4 Å². The Bertz CT molecular complexity index is 719. The summed E-state index contributed by atoms with van der Waals surface area (Å²) in [7, 11) is 3.56. The summed E-state index contributed by atoms with van der Waals surface area (Å²) >= 11 is 0. The van der Waals surface area contributed by atoms with Crippen LogP contribution in [0.1, 0.15) is 31.1 Å². The monoisotopic (exact) mass is 344 g/mol. The second-order valence-corrected chi connectivity index (χ2v) is 6.79. The number of imidazole rings is 1. The number of methoxy groups -OCH3 is 1. The normalized spacial score (nSPS) is 15.7. The number of carbonyl (C=O) groups excluding carboxylic acids is 1. The van der Waals surface area contributed by atoms with Crippen molar-refractivity contribution in [1.82, 2.24) is 19.4 Å². The summed E-state index contributed by atoms with van der Waals surface area (Å²) in [5, 5.41) is 0. The first-order valence-corrected chi connectivity index (χ1v) is 9.04. The van der Waals surface area contributed by atoms with Crippen molar-refractivity contribution >= 4 is 17.1 Å². The van der Waals surface area contributed by atoms with Crippen LogP contribution < -0.4 is 0 Å². The molecule has 0 N–H and O–H groups in total. The molecule has 1 aromatic carbocycles. The van der Waals surface area contributed by atoms with E-state index >= 15 is 0 Å². The van der Waals surface area contributed by atoms with Crippen molar-refractivity contribution in [2.45, 2.75) is 32.2 Å². The Hall–Kier alpha value is -2.08. The molecule has 6 nitrogen and oxygen atoms in total. The van der Waals surface area contributed by atoms with Crippen molar-refractivity contribution in [3.63, 3.8) is 0 Å². The molecule has 1 aliphatic rings. The molecule has 1 aliphatic heterocycles. The minimum atomic E-state index is 0.127. The number of aryl methyl sites for hydroxylation is 1. The first-order valence-electron chi connectivity index (χ1n) is 9.04. The van der Waals surface area contributed by atoms with Gasteiger partial charge in [-0.25, -0.2) is 9.78 Å². The van der Waals surface area contributed by atoms with E-state index in [9.17, 15) is 4.79 Å². The Morgan fingerprint density at radius 2 is 2.04 bits per heavy atom. The highest BCUT2D eigenvalue weighted by Gasteiger charge is 2.27. The Morgan fingerprint density at radius 3 is 2.76 bits per heavy atom. The second-order valence-electron chi connectivity index (χ2n) is 6.79. The first-order chi connectivity index (χ1) is 12.1. The zero-order chi connectivity index (χ0) is 17.8. The Kier molecular flexibility index (Phi) is 5.58. The maximum absolute atomic E-state index is 12.6. The number of nitrogens with zero attached hydrogens (tertiary/aromatic N) is 4. The number of hydrogen-bond acceptors (Lipinski definition) is 3. The van der Waals surface area contributed by atoms with Gasteiger partial charge >= 0.3 is 6.03 Å². The van der Waals surface area contributed by atoms with E-state index < -0.39 is 0 Å². The third-order valence-electron chi connectivity index (χ3n) is 5.04. The van der Waals surface area contributed by atoms with Gasteiger partial charge in [0.05, 0.1) is 11.0 Å². The van der Waals surface area contributed by atoms with Gasteiger partial charge in [0.15, 0.2) is 0 Å². The molecule has 3 rings (SSSR count). The van der Waals surface area contributed by atoms with Gasteiger partial charge in [-0.15, -0.1) is 0 Å². The number of amides is 2. The average molecular weight is 344 g/mol. The molecular formula is C19H28N4O2. The number of benzene rings is 1. The van der Waals surface area contributed by atoms with Gasteiger partial charge in [-0.1, -0.05) is 12.1 Å². The first kappa shape index (κ1) is 17.7. The smallest absolute Gasteiger partial charge is 0.319 e. The molecule has 6 heteroatoms. The average Bonchev–Trinajstić information content (AvgIpc) is 2.97. The van der Waals surface area contributed by atoms with E-state index in [-0.39, 0.29) is 6.03 Å². The van der Waals surface area contributed by atoms with Gasteiger partial charge in [0.1, 0.15) is 5.82 Å². The van der Waals surface area contributed by atoms with Gasteiger partial charge in [-0.3, -0.25) is 0 Å². The van der Waals surface area contributed by atoms with Gasteiger partial charge in [0, 0.05) is 46.4 Å². The van der Waals surface area contributed by atoms with Gasteiger partial charge < -0.3 is 19.1 Å². The van der Waals surface area contributed by atoms with Gasteiger partial charge in [-0.2, -0.15) is 0 Å². The number of para-hydroxylation sites is 2. The van der Waals surface area contributed by atoms with Crippen molar-refractivity contribution in [1.29, 1.82) is 0 Å². The topological polar surface area (TPSA) is 50.6 Å². The Balaban J connectivity index is 1.61. The standard InChI is InChI=1S/C19H28N4O2/c1-15-20-17-7-4-5-8-18(17)23(15)16-9-12-22(13-10-16)19(24)21(2)11-6-14-25-3/h4-5,7-8,16H,6,9-14H2,1-3H3. The van der Waals surface area contributed by atoms with Crippen LogP contribution >= 0.6 is 0 Å². The lowest BCUT2D eigenvalue weighted by atomic mass is 10.0. The lowest BCUT2D eigenvalue weighted by Crippen LogP contribution is -2.45. The molecule has 25 heavy (non-hydrogen) atoms. The van der Waals surface area contributed by atoms with Crippen molar-refractivity contribution in [2.24, 2.45) is 0 Å². The van der Waals surface area contributed by atoms with Crippen LogP contribution in [0, 0.1) is 6.92 Å². The zero-order valence-corrected chi connectivity index (χ0v) is 15.4. The predicted molar refractivity (Wildman–Crippen MR) is 98.8 cm³/mol. The maximum atomic E-state index is 12.6.